The van der Waals surface area contributed by atoms with Crippen molar-refractivity contribution in [2.24, 2.45) is 0 Å². The van der Waals surface area contributed by atoms with Gasteiger partial charge in [0.15, 0.2) is 0 Å². The van der Waals surface area contributed by atoms with E-state index in [9.17, 15) is 0 Å². The van der Waals surface area contributed by atoms with Gasteiger partial charge in [-0.3, -0.25) is 0 Å². The van der Waals surface area contributed by atoms with Gasteiger partial charge in [0.25, 0.3) is 0 Å². The summed E-state index contributed by atoms with van der Waals surface area (Å²) in [4.78, 5) is 0.350. The molecule has 0 saturated carbocycles. The number of hydrogen-bond acceptors (Lipinski definition) is 1. The Morgan fingerprint density at radius 1 is 1.38 bits per heavy atom. The highest BCUT2D eigenvalue weighted by Crippen LogP contribution is 2.36. The molecular formula is C12H13Br3O. The van der Waals surface area contributed by atoms with E-state index >= 15 is 0 Å². The van der Waals surface area contributed by atoms with E-state index in [4.69, 9.17) is 4.74 Å². The largest absolute Gasteiger partial charge is 0.378 e. The predicted octanol–water partition coefficient (Wildman–Crippen LogP) is 5.22. The van der Waals surface area contributed by atoms with Crippen molar-refractivity contribution in [1.29, 1.82) is 0 Å². The number of rotatable bonds is 3. The second-order valence-electron chi connectivity index (χ2n) is 4.00. The lowest BCUT2D eigenvalue weighted by Gasteiger charge is -2.16. The van der Waals surface area contributed by atoms with Gasteiger partial charge in [0.2, 0.25) is 0 Å². The topological polar surface area (TPSA) is 9.23 Å². The summed E-state index contributed by atoms with van der Waals surface area (Å²) in [5.74, 6) is 0. The summed E-state index contributed by atoms with van der Waals surface area (Å²) >= 11 is 10.8. The van der Waals surface area contributed by atoms with Crippen LogP contribution in [0.15, 0.2) is 27.1 Å². The number of alkyl halides is 1. The van der Waals surface area contributed by atoms with Gasteiger partial charge in [-0.15, -0.1) is 0 Å². The zero-order valence-electron chi connectivity index (χ0n) is 8.76. The molecule has 1 heterocycles. The molecular weight excluding hydrogens is 400 g/mol. The molecule has 0 amide bonds. The van der Waals surface area contributed by atoms with Crippen LogP contribution in [0.25, 0.3) is 0 Å². The van der Waals surface area contributed by atoms with E-state index < -0.39 is 0 Å². The standard InChI is InChI=1S/C12H13Br3O/c13-8-3-4-11(14)10(6-8)12(15)7-9-2-1-5-16-9/h3-4,6,9,12H,1-2,5,7H2. The fourth-order valence-electron chi connectivity index (χ4n) is 1.94. The van der Waals surface area contributed by atoms with Crippen molar-refractivity contribution in [1.82, 2.24) is 0 Å². The minimum atomic E-state index is 0.350. The monoisotopic (exact) mass is 410 g/mol. The maximum absolute atomic E-state index is 5.66. The van der Waals surface area contributed by atoms with Crippen LogP contribution < -0.4 is 0 Å². The zero-order chi connectivity index (χ0) is 11.5. The van der Waals surface area contributed by atoms with Crippen LogP contribution in [-0.2, 0) is 4.74 Å². The molecule has 16 heavy (non-hydrogen) atoms. The van der Waals surface area contributed by atoms with Crippen LogP contribution >= 0.6 is 47.8 Å². The van der Waals surface area contributed by atoms with Crippen LogP contribution in [0.5, 0.6) is 0 Å². The van der Waals surface area contributed by atoms with Crippen LogP contribution in [0.3, 0.4) is 0 Å². The van der Waals surface area contributed by atoms with Gasteiger partial charge in [-0.1, -0.05) is 47.8 Å². The third-order valence-corrected chi connectivity index (χ3v) is 4.87. The molecule has 1 fully saturated rings. The molecule has 1 aliphatic rings. The van der Waals surface area contributed by atoms with Crippen molar-refractivity contribution in [2.45, 2.75) is 30.2 Å². The number of hydrogen-bond donors (Lipinski definition) is 0. The molecule has 0 N–H and O–H groups in total. The molecule has 88 valence electrons. The van der Waals surface area contributed by atoms with Crippen molar-refractivity contribution in [3.8, 4) is 0 Å². The highest BCUT2D eigenvalue weighted by atomic mass is 79.9. The minimum Gasteiger partial charge on any atom is -0.378 e. The van der Waals surface area contributed by atoms with Gasteiger partial charge in [-0.05, 0) is 43.0 Å². The highest BCUT2D eigenvalue weighted by molar-refractivity contribution is 9.11. The molecule has 0 radical (unpaired) electrons. The van der Waals surface area contributed by atoms with Crippen LogP contribution in [-0.4, -0.2) is 12.7 Å². The van der Waals surface area contributed by atoms with Crippen molar-refractivity contribution < 1.29 is 4.74 Å². The Morgan fingerprint density at radius 3 is 2.88 bits per heavy atom. The lowest BCUT2D eigenvalue weighted by atomic mass is 10.1. The molecule has 0 aliphatic carbocycles. The van der Waals surface area contributed by atoms with Gasteiger partial charge in [0.1, 0.15) is 0 Å². The van der Waals surface area contributed by atoms with E-state index in [-0.39, 0.29) is 0 Å². The molecule has 2 atom stereocenters. The first-order valence-electron chi connectivity index (χ1n) is 5.37. The Bertz CT molecular complexity index is 361. The molecule has 2 unspecified atom stereocenters. The summed E-state index contributed by atoms with van der Waals surface area (Å²) in [6.07, 6.45) is 3.84. The SMILES string of the molecule is Brc1ccc(Br)c(C(Br)CC2CCCO2)c1. The second kappa shape index (κ2) is 5.98. The van der Waals surface area contributed by atoms with Gasteiger partial charge in [0, 0.05) is 20.4 Å². The van der Waals surface area contributed by atoms with Crippen LogP contribution in [0.1, 0.15) is 29.7 Å². The lowest BCUT2D eigenvalue weighted by molar-refractivity contribution is 0.104. The Hall–Kier alpha value is 0.620. The molecule has 0 spiro atoms. The summed E-state index contributed by atoms with van der Waals surface area (Å²) in [5.41, 5.74) is 1.28. The fourth-order valence-corrected chi connectivity index (χ4v) is 3.95. The summed E-state index contributed by atoms with van der Waals surface area (Å²) < 4.78 is 7.92. The first-order valence-corrected chi connectivity index (χ1v) is 7.87. The molecule has 1 saturated heterocycles. The third-order valence-electron chi connectivity index (χ3n) is 2.79. The predicted molar refractivity (Wildman–Crippen MR) is 77.1 cm³/mol. The smallest absolute Gasteiger partial charge is 0.0589 e. The lowest BCUT2D eigenvalue weighted by Crippen LogP contribution is -2.08. The van der Waals surface area contributed by atoms with Crippen molar-refractivity contribution in [3.05, 3.63) is 32.7 Å². The van der Waals surface area contributed by atoms with Crippen LogP contribution in [0.4, 0.5) is 0 Å². The first-order chi connectivity index (χ1) is 7.66. The number of benzene rings is 1. The minimum absolute atomic E-state index is 0.350. The molecule has 0 bridgehead atoms. The maximum Gasteiger partial charge on any atom is 0.0589 e. The molecule has 1 nitrogen and oxygen atoms in total. The van der Waals surface area contributed by atoms with Gasteiger partial charge >= 0.3 is 0 Å². The quantitative estimate of drug-likeness (QED) is 0.619. The van der Waals surface area contributed by atoms with E-state index in [1.54, 1.807) is 0 Å². The molecule has 2 rings (SSSR count). The van der Waals surface area contributed by atoms with E-state index in [1.807, 2.05) is 6.07 Å². The van der Waals surface area contributed by atoms with Crippen molar-refractivity contribution >= 4 is 47.8 Å². The van der Waals surface area contributed by atoms with Crippen molar-refractivity contribution in [2.75, 3.05) is 6.61 Å². The average molecular weight is 413 g/mol. The van der Waals surface area contributed by atoms with Gasteiger partial charge in [-0.2, -0.15) is 0 Å². The Labute approximate surface area is 121 Å². The molecule has 1 aromatic rings. The van der Waals surface area contributed by atoms with Crippen molar-refractivity contribution in [3.63, 3.8) is 0 Å². The van der Waals surface area contributed by atoms with E-state index in [0.29, 0.717) is 10.9 Å². The molecule has 0 aromatic heterocycles. The Kier molecular flexibility index (Phi) is 4.89. The average Bonchev–Trinajstić information content (AvgIpc) is 2.74. The van der Waals surface area contributed by atoms with E-state index in [2.05, 4.69) is 59.9 Å². The normalized spacial score (nSPS) is 22.3. The highest BCUT2D eigenvalue weighted by Gasteiger charge is 2.21. The molecule has 1 aliphatic heterocycles. The van der Waals surface area contributed by atoms with Gasteiger partial charge in [-0.25, -0.2) is 0 Å². The van der Waals surface area contributed by atoms with E-state index in [1.165, 1.54) is 18.4 Å². The summed E-state index contributed by atoms with van der Waals surface area (Å²) in [7, 11) is 0. The Morgan fingerprint density at radius 2 is 2.19 bits per heavy atom. The van der Waals surface area contributed by atoms with Gasteiger partial charge in [0.05, 0.1) is 6.10 Å². The number of halogens is 3. The third kappa shape index (κ3) is 3.31. The zero-order valence-corrected chi connectivity index (χ0v) is 13.5. The van der Waals surface area contributed by atoms with Gasteiger partial charge < -0.3 is 4.74 Å². The fraction of sp³-hybridized carbons (Fsp3) is 0.500. The Balaban J connectivity index is 2.07. The molecule has 4 heteroatoms. The van der Waals surface area contributed by atoms with Crippen LogP contribution in [0, 0.1) is 0 Å². The number of ether oxygens (including phenoxy) is 1. The van der Waals surface area contributed by atoms with Crippen LogP contribution in [0.2, 0.25) is 0 Å². The first kappa shape index (κ1) is 13.1. The molecule has 1 aromatic carbocycles. The van der Waals surface area contributed by atoms with E-state index in [0.717, 1.165) is 22.0 Å². The summed E-state index contributed by atoms with van der Waals surface area (Å²) in [6.45, 7) is 0.921. The maximum atomic E-state index is 5.66. The summed E-state index contributed by atoms with van der Waals surface area (Å²) in [5, 5.41) is 0. The second-order valence-corrected chi connectivity index (χ2v) is 6.88. The summed E-state index contributed by atoms with van der Waals surface area (Å²) in [6, 6.07) is 6.26.